The van der Waals surface area contributed by atoms with Gasteiger partial charge in [0.05, 0.1) is 16.2 Å². The van der Waals surface area contributed by atoms with Crippen LogP contribution in [0.15, 0.2) is 0 Å². The molecule has 0 amide bonds. The van der Waals surface area contributed by atoms with Crippen LogP contribution in [0, 0.1) is 0 Å². The van der Waals surface area contributed by atoms with Crippen LogP contribution in [0.3, 0.4) is 0 Å². The SMILES string of the molecule is CCC(O)CCCCCCCCCCCCCCCCCC(C)S(=O)(=O)[O-].[Na+]. The third-order valence-electron chi connectivity index (χ3n) is 5.61. The first kappa shape index (κ1) is 31.1. The summed E-state index contributed by atoms with van der Waals surface area (Å²) in [4.78, 5) is 0. The summed E-state index contributed by atoms with van der Waals surface area (Å²) in [6, 6.07) is 0. The van der Waals surface area contributed by atoms with Gasteiger partial charge in [0, 0.05) is 5.25 Å². The molecule has 164 valence electrons. The molecule has 6 heteroatoms. The van der Waals surface area contributed by atoms with E-state index in [1.165, 1.54) is 84.0 Å². The molecule has 0 aliphatic heterocycles. The summed E-state index contributed by atoms with van der Waals surface area (Å²) in [5.74, 6) is 0. The van der Waals surface area contributed by atoms with Crippen LogP contribution in [-0.2, 0) is 10.1 Å². The Bertz CT molecular complexity index is 415. The molecule has 0 spiro atoms. The molecule has 0 aliphatic carbocycles. The summed E-state index contributed by atoms with van der Waals surface area (Å²) < 4.78 is 32.4. The molecule has 0 saturated heterocycles. The van der Waals surface area contributed by atoms with Gasteiger partial charge in [0.2, 0.25) is 0 Å². The van der Waals surface area contributed by atoms with E-state index in [1.54, 1.807) is 0 Å². The number of aliphatic hydroxyl groups is 1. The summed E-state index contributed by atoms with van der Waals surface area (Å²) in [5.41, 5.74) is 0. The zero-order valence-corrected chi connectivity index (χ0v) is 21.8. The van der Waals surface area contributed by atoms with Gasteiger partial charge in [-0.3, -0.25) is 0 Å². The van der Waals surface area contributed by atoms with Crippen molar-refractivity contribution in [1.82, 2.24) is 0 Å². The van der Waals surface area contributed by atoms with E-state index in [4.69, 9.17) is 0 Å². The zero-order valence-electron chi connectivity index (χ0n) is 19.0. The van der Waals surface area contributed by atoms with E-state index in [0.29, 0.717) is 6.42 Å². The van der Waals surface area contributed by atoms with E-state index in [1.807, 2.05) is 6.92 Å². The Morgan fingerprint density at radius 2 is 0.964 bits per heavy atom. The average molecular weight is 429 g/mol. The maximum absolute atomic E-state index is 10.8. The molecule has 0 radical (unpaired) electrons. The first-order valence-electron chi connectivity index (χ1n) is 11.5. The maximum Gasteiger partial charge on any atom is 1.00 e. The van der Waals surface area contributed by atoms with Gasteiger partial charge < -0.3 is 9.66 Å². The Balaban J connectivity index is 0. The fourth-order valence-electron chi connectivity index (χ4n) is 3.46. The van der Waals surface area contributed by atoms with Crippen molar-refractivity contribution in [2.45, 2.75) is 141 Å². The number of unbranched alkanes of at least 4 members (excludes halogenated alkanes) is 14. The molecule has 0 aromatic rings. The zero-order chi connectivity index (χ0) is 20.4. The molecule has 0 aliphatic rings. The minimum atomic E-state index is -4.09. The first-order chi connectivity index (χ1) is 12.9. The van der Waals surface area contributed by atoms with Crippen molar-refractivity contribution >= 4 is 10.1 Å². The van der Waals surface area contributed by atoms with Gasteiger partial charge in [0.25, 0.3) is 0 Å². The van der Waals surface area contributed by atoms with Crippen molar-refractivity contribution in [3.8, 4) is 0 Å². The van der Waals surface area contributed by atoms with Gasteiger partial charge in [-0.05, 0) is 26.2 Å². The average Bonchev–Trinajstić information content (AvgIpc) is 2.62. The standard InChI is InChI=1S/C22H46O4S.Na/c1-3-22(23)20-18-16-14-12-10-8-6-4-5-7-9-11-13-15-17-19-21(2)27(24,25)26;/h21-23H,3-20H2,1-2H3,(H,24,25,26);/q;+1/p-1. The van der Waals surface area contributed by atoms with E-state index in [9.17, 15) is 18.1 Å². The second kappa shape index (κ2) is 21.1. The molecule has 0 saturated carbocycles. The molecular formula is C22H45NaO4S. The van der Waals surface area contributed by atoms with Crippen LogP contribution in [0.25, 0.3) is 0 Å². The van der Waals surface area contributed by atoms with E-state index in [2.05, 4.69) is 0 Å². The molecule has 2 unspecified atom stereocenters. The topological polar surface area (TPSA) is 77.4 Å². The smallest absolute Gasteiger partial charge is 0.748 e. The van der Waals surface area contributed by atoms with Crippen molar-refractivity contribution in [1.29, 1.82) is 0 Å². The Kier molecular flexibility index (Phi) is 23.4. The minimum absolute atomic E-state index is 0. The third kappa shape index (κ3) is 21.6. The summed E-state index contributed by atoms with van der Waals surface area (Å²) in [6.45, 7) is 3.56. The molecule has 0 heterocycles. The molecule has 28 heavy (non-hydrogen) atoms. The van der Waals surface area contributed by atoms with Gasteiger partial charge >= 0.3 is 29.6 Å². The molecular weight excluding hydrogens is 383 g/mol. The minimum Gasteiger partial charge on any atom is -0.748 e. The first-order valence-corrected chi connectivity index (χ1v) is 13.0. The van der Waals surface area contributed by atoms with Crippen molar-refractivity contribution < 1.29 is 47.6 Å². The van der Waals surface area contributed by atoms with Gasteiger partial charge in [0.15, 0.2) is 0 Å². The van der Waals surface area contributed by atoms with Crippen LogP contribution in [0.2, 0.25) is 0 Å². The largest absolute Gasteiger partial charge is 1.00 e. The van der Waals surface area contributed by atoms with Gasteiger partial charge in [-0.2, -0.15) is 0 Å². The molecule has 0 rings (SSSR count). The second-order valence-electron chi connectivity index (χ2n) is 8.25. The van der Waals surface area contributed by atoms with Crippen molar-refractivity contribution in [2.75, 3.05) is 0 Å². The second-order valence-corrected chi connectivity index (χ2v) is 10.0. The predicted molar refractivity (Wildman–Crippen MR) is 114 cm³/mol. The Morgan fingerprint density at radius 1 is 0.679 bits per heavy atom. The van der Waals surface area contributed by atoms with Crippen LogP contribution in [0.5, 0.6) is 0 Å². The summed E-state index contributed by atoms with van der Waals surface area (Å²) >= 11 is 0. The number of aliphatic hydroxyl groups excluding tert-OH is 1. The molecule has 2 atom stereocenters. The maximum atomic E-state index is 10.8. The molecule has 0 aromatic carbocycles. The Hall–Kier alpha value is 0.870. The fourth-order valence-corrected chi connectivity index (χ4v) is 3.91. The summed E-state index contributed by atoms with van der Waals surface area (Å²) in [5, 5.41) is 8.76. The van der Waals surface area contributed by atoms with Gasteiger partial charge in [-0.25, -0.2) is 8.42 Å². The van der Waals surface area contributed by atoms with Gasteiger partial charge in [-0.1, -0.05) is 103 Å². The third-order valence-corrected chi connectivity index (χ3v) is 6.83. The molecule has 4 nitrogen and oxygen atoms in total. The fraction of sp³-hybridized carbons (Fsp3) is 1.00. The molecule has 0 fully saturated rings. The van der Waals surface area contributed by atoms with Crippen LogP contribution >= 0.6 is 0 Å². The van der Waals surface area contributed by atoms with Gasteiger partial charge in [0.1, 0.15) is 0 Å². The van der Waals surface area contributed by atoms with E-state index in [-0.39, 0.29) is 35.7 Å². The van der Waals surface area contributed by atoms with Crippen LogP contribution in [-0.4, -0.2) is 29.4 Å². The molecule has 1 N–H and O–H groups in total. The van der Waals surface area contributed by atoms with Crippen LogP contribution in [0.1, 0.15) is 129 Å². The molecule has 0 aromatic heterocycles. The van der Waals surface area contributed by atoms with Gasteiger partial charge in [-0.15, -0.1) is 0 Å². The van der Waals surface area contributed by atoms with E-state index in [0.717, 1.165) is 32.1 Å². The Morgan fingerprint density at radius 3 is 1.25 bits per heavy atom. The summed E-state index contributed by atoms with van der Waals surface area (Å²) in [6.07, 6.45) is 21.0. The van der Waals surface area contributed by atoms with Crippen molar-refractivity contribution in [3.05, 3.63) is 0 Å². The number of rotatable bonds is 20. The normalized spacial score (nSPS) is 13.9. The summed E-state index contributed by atoms with van der Waals surface area (Å²) in [7, 11) is -4.09. The quantitative estimate of drug-likeness (QED) is 0.183. The Labute approximate surface area is 197 Å². The van der Waals surface area contributed by atoms with E-state index < -0.39 is 15.4 Å². The number of hydrogen-bond acceptors (Lipinski definition) is 4. The van der Waals surface area contributed by atoms with Crippen molar-refractivity contribution in [2.24, 2.45) is 0 Å². The van der Waals surface area contributed by atoms with Crippen LogP contribution in [0.4, 0.5) is 0 Å². The predicted octanol–water partition coefficient (Wildman–Crippen LogP) is 3.33. The molecule has 0 bridgehead atoms. The monoisotopic (exact) mass is 428 g/mol. The number of hydrogen-bond donors (Lipinski definition) is 1. The van der Waals surface area contributed by atoms with Crippen molar-refractivity contribution in [3.63, 3.8) is 0 Å². The van der Waals surface area contributed by atoms with Crippen LogP contribution < -0.4 is 29.6 Å². The van der Waals surface area contributed by atoms with E-state index >= 15 is 0 Å².